The smallest absolute Gasteiger partial charge is 0.224 e. The maximum Gasteiger partial charge on any atom is 0.224 e. The molecule has 0 aliphatic carbocycles. The zero-order valence-electron chi connectivity index (χ0n) is 11.2. The number of benzene rings is 1. The highest BCUT2D eigenvalue weighted by Gasteiger charge is 2.08. The van der Waals surface area contributed by atoms with Crippen LogP contribution in [0, 0.1) is 5.82 Å². The van der Waals surface area contributed by atoms with Crippen molar-refractivity contribution >= 4 is 17.2 Å². The predicted octanol–water partition coefficient (Wildman–Crippen LogP) is 2.44. The summed E-state index contributed by atoms with van der Waals surface area (Å²) >= 11 is 0. The van der Waals surface area contributed by atoms with Gasteiger partial charge >= 0.3 is 0 Å². The lowest BCUT2D eigenvalue weighted by molar-refractivity contribution is -0.116. The van der Waals surface area contributed by atoms with Crippen molar-refractivity contribution in [3.05, 3.63) is 60.3 Å². The molecule has 0 atom stereocenters. The number of halogens is 1. The number of rotatable bonds is 4. The summed E-state index contributed by atoms with van der Waals surface area (Å²) in [7, 11) is 0. The minimum atomic E-state index is -0.331. The Labute approximate surface area is 120 Å². The number of pyridine rings is 1. The number of hydrogen-bond donors (Lipinski definition) is 1. The Morgan fingerprint density at radius 1 is 1.14 bits per heavy atom. The van der Waals surface area contributed by atoms with Gasteiger partial charge in [0.2, 0.25) is 5.91 Å². The molecule has 5 nitrogen and oxygen atoms in total. The Morgan fingerprint density at radius 2 is 1.95 bits per heavy atom. The average molecular weight is 284 g/mol. The largest absolute Gasteiger partial charge is 0.326 e. The van der Waals surface area contributed by atoms with Gasteiger partial charge in [0.15, 0.2) is 5.65 Å². The van der Waals surface area contributed by atoms with Gasteiger partial charge in [0.05, 0.1) is 0 Å². The van der Waals surface area contributed by atoms with Gasteiger partial charge < -0.3 is 5.32 Å². The van der Waals surface area contributed by atoms with E-state index in [-0.39, 0.29) is 18.1 Å². The first kappa shape index (κ1) is 13.2. The van der Waals surface area contributed by atoms with Crippen LogP contribution in [0.15, 0.2) is 48.7 Å². The number of hydrogen-bond acceptors (Lipinski definition) is 3. The van der Waals surface area contributed by atoms with Crippen LogP contribution < -0.4 is 5.32 Å². The Balaban J connectivity index is 1.62. The van der Waals surface area contributed by atoms with Crippen LogP contribution in [0.5, 0.6) is 0 Å². The Morgan fingerprint density at radius 3 is 2.76 bits per heavy atom. The molecule has 2 aromatic heterocycles. The Hall–Kier alpha value is -2.76. The quantitative estimate of drug-likeness (QED) is 0.800. The van der Waals surface area contributed by atoms with Crippen molar-refractivity contribution < 1.29 is 9.18 Å². The van der Waals surface area contributed by atoms with Gasteiger partial charge in [-0.3, -0.25) is 9.20 Å². The molecule has 0 saturated carbocycles. The molecule has 0 radical (unpaired) electrons. The monoisotopic (exact) mass is 284 g/mol. The second-order valence-electron chi connectivity index (χ2n) is 4.60. The standard InChI is InChI=1S/C15H13FN4O/c16-11-4-6-12(7-5-11)17-15(21)9-8-14-19-18-13-3-1-2-10-20(13)14/h1-7,10H,8-9H2,(H,17,21). The second-order valence-corrected chi connectivity index (χ2v) is 4.60. The number of nitrogens with zero attached hydrogens (tertiary/aromatic N) is 3. The minimum Gasteiger partial charge on any atom is -0.326 e. The van der Waals surface area contributed by atoms with Gasteiger partial charge in [-0.15, -0.1) is 10.2 Å². The van der Waals surface area contributed by atoms with Gasteiger partial charge in [0.25, 0.3) is 0 Å². The highest BCUT2D eigenvalue weighted by molar-refractivity contribution is 5.90. The molecule has 2 heterocycles. The summed E-state index contributed by atoms with van der Waals surface area (Å²) in [6.45, 7) is 0. The van der Waals surface area contributed by atoms with Crippen LogP contribution in [0.2, 0.25) is 0 Å². The molecule has 0 aliphatic rings. The fraction of sp³-hybridized carbons (Fsp3) is 0.133. The fourth-order valence-corrected chi connectivity index (χ4v) is 2.04. The number of nitrogens with one attached hydrogen (secondary N) is 1. The van der Waals surface area contributed by atoms with Gasteiger partial charge in [0, 0.05) is 24.7 Å². The SMILES string of the molecule is O=C(CCc1nnc2ccccn12)Nc1ccc(F)cc1. The summed E-state index contributed by atoms with van der Waals surface area (Å²) in [5.74, 6) is 0.261. The third-order valence-electron chi connectivity index (χ3n) is 3.09. The van der Waals surface area contributed by atoms with Gasteiger partial charge in [0.1, 0.15) is 11.6 Å². The maximum atomic E-state index is 12.8. The zero-order valence-corrected chi connectivity index (χ0v) is 11.2. The van der Waals surface area contributed by atoms with E-state index in [2.05, 4.69) is 15.5 Å². The molecule has 0 spiro atoms. The second kappa shape index (κ2) is 5.70. The van der Waals surface area contributed by atoms with Crippen molar-refractivity contribution in [2.45, 2.75) is 12.8 Å². The van der Waals surface area contributed by atoms with E-state index in [1.54, 1.807) is 0 Å². The van der Waals surface area contributed by atoms with Crippen LogP contribution in [-0.2, 0) is 11.2 Å². The van der Waals surface area contributed by atoms with E-state index in [9.17, 15) is 9.18 Å². The summed E-state index contributed by atoms with van der Waals surface area (Å²) in [6.07, 6.45) is 2.63. The molecule has 1 aromatic carbocycles. The summed E-state index contributed by atoms with van der Waals surface area (Å²) in [4.78, 5) is 11.9. The molecule has 1 amide bonds. The van der Waals surface area contributed by atoms with Crippen molar-refractivity contribution in [2.24, 2.45) is 0 Å². The molecule has 3 rings (SSSR count). The van der Waals surface area contributed by atoms with E-state index in [4.69, 9.17) is 0 Å². The number of carbonyl (C=O) groups is 1. The number of aryl methyl sites for hydroxylation is 1. The van der Waals surface area contributed by atoms with Gasteiger partial charge in [-0.1, -0.05) is 6.07 Å². The predicted molar refractivity (Wildman–Crippen MR) is 76.3 cm³/mol. The lowest BCUT2D eigenvalue weighted by atomic mass is 10.2. The normalized spacial score (nSPS) is 10.7. The first-order valence-corrected chi connectivity index (χ1v) is 6.56. The molecule has 3 aromatic rings. The molecule has 0 aliphatic heterocycles. The highest BCUT2D eigenvalue weighted by atomic mass is 19.1. The summed E-state index contributed by atoms with van der Waals surface area (Å²) in [6, 6.07) is 11.3. The van der Waals surface area contributed by atoms with E-state index >= 15 is 0 Å². The van der Waals surface area contributed by atoms with Crippen molar-refractivity contribution in [3.63, 3.8) is 0 Å². The van der Waals surface area contributed by atoms with Crippen molar-refractivity contribution in [1.29, 1.82) is 0 Å². The van der Waals surface area contributed by atoms with Crippen LogP contribution in [0.4, 0.5) is 10.1 Å². The molecule has 106 valence electrons. The molecule has 0 fully saturated rings. The zero-order chi connectivity index (χ0) is 14.7. The molecule has 6 heteroatoms. The summed E-state index contributed by atoms with van der Waals surface area (Å²) in [5, 5.41) is 10.8. The molecule has 0 bridgehead atoms. The number of anilines is 1. The maximum absolute atomic E-state index is 12.8. The average Bonchev–Trinajstić information content (AvgIpc) is 2.91. The van der Waals surface area contributed by atoms with E-state index in [0.717, 1.165) is 11.5 Å². The Bertz CT molecular complexity index is 767. The van der Waals surface area contributed by atoms with Crippen LogP contribution >= 0.6 is 0 Å². The molecular formula is C15H13FN4O. The molecule has 21 heavy (non-hydrogen) atoms. The van der Waals surface area contributed by atoms with Crippen LogP contribution in [0.3, 0.4) is 0 Å². The number of fused-ring (bicyclic) bond motifs is 1. The van der Waals surface area contributed by atoms with Crippen molar-refractivity contribution in [3.8, 4) is 0 Å². The lowest BCUT2D eigenvalue weighted by Crippen LogP contribution is -2.13. The third-order valence-corrected chi connectivity index (χ3v) is 3.09. The van der Waals surface area contributed by atoms with Gasteiger partial charge in [-0.25, -0.2) is 4.39 Å². The number of amides is 1. The van der Waals surface area contributed by atoms with E-state index in [0.29, 0.717) is 12.1 Å². The van der Waals surface area contributed by atoms with Crippen LogP contribution in [0.25, 0.3) is 5.65 Å². The first-order chi connectivity index (χ1) is 10.2. The topological polar surface area (TPSA) is 59.3 Å². The number of aromatic nitrogens is 3. The Kier molecular flexibility index (Phi) is 3.59. The first-order valence-electron chi connectivity index (χ1n) is 6.56. The molecular weight excluding hydrogens is 271 g/mol. The highest BCUT2D eigenvalue weighted by Crippen LogP contribution is 2.10. The summed E-state index contributed by atoms with van der Waals surface area (Å²) < 4.78 is 14.6. The molecule has 0 saturated heterocycles. The van der Waals surface area contributed by atoms with Gasteiger partial charge in [-0.2, -0.15) is 0 Å². The molecule has 0 unspecified atom stereocenters. The van der Waals surface area contributed by atoms with E-state index in [1.807, 2.05) is 28.8 Å². The van der Waals surface area contributed by atoms with E-state index in [1.165, 1.54) is 24.3 Å². The third kappa shape index (κ3) is 3.05. The lowest BCUT2D eigenvalue weighted by Gasteiger charge is -2.04. The van der Waals surface area contributed by atoms with Crippen LogP contribution in [0.1, 0.15) is 12.2 Å². The van der Waals surface area contributed by atoms with Crippen LogP contribution in [-0.4, -0.2) is 20.5 Å². The van der Waals surface area contributed by atoms with Crippen molar-refractivity contribution in [1.82, 2.24) is 14.6 Å². The van der Waals surface area contributed by atoms with Crippen molar-refractivity contribution in [2.75, 3.05) is 5.32 Å². The van der Waals surface area contributed by atoms with E-state index < -0.39 is 0 Å². The summed E-state index contributed by atoms with van der Waals surface area (Å²) in [5.41, 5.74) is 1.33. The van der Waals surface area contributed by atoms with Gasteiger partial charge in [-0.05, 0) is 36.4 Å². The minimum absolute atomic E-state index is 0.144. The molecule has 1 N–H and O–H groups in total. The fourth-order valence-electron chi connectivity index (χ4n) is 2.04. The number of carbonyl (C=O) groups excluding carboxylic acids is 1.